The predicted octanol–water partition coefficient (Wildman–Crippen LogP) is 3.02. The first-order valence-electron chi connectivity index (χ1n) is 5.81. The number of nitrogens with two attached hydrogens (primary N) is 1. The molecule has 2 N–H and O–H groups in total. The Morgan fingerprint density at radius 3 is 2.65 bits per heavy atom. The largest absolute Gasteiger partial charge is 0.397 e. The summed E-state index contributed by atoms with van der Waals surface area (Å²) in [6.45, 7) is 1.50. The molecule has 0 fully saturated rings. The molecule has 0 bridgehead atoms. The second-order valence-electron chi connectivity index (χ2n) is 4.22. The number of hydrogen-bond donors (Lipinski definition) is 1. The van der Waals surface area contributed by atoms with Crippen LogP contribution < -0.4 is 5.73 Å². The summed E-state index contributed by atoms with van der Waals surface area (Å²) in [6.07, 6.45) is 3.01. The Morgan fingerprint density at radius 1 is 1.30 bits per heavy atom. The molecular formula is C15H11F2N3. The molecule has 2 rings (SSSR count). The van der Waals surface area contributed by atoms with Gasteiger partial charge in [0, 0.05) is 29.6 Å². The quantitative estimate of drug-likeness (QED) is 0.854. The Morgan fingerprint density at radius 2 is 2.05 bits per heavy atom. The highest BCUT2D eigenvalue weighted by Crippen LogP contribution is 2.25. The number of halogens is 2. The van der Waals surface area contributed by atoms with Crippen LogP contribution in [0.25, 0.3) is 11.3 Å². The Bertz CT molecular complexity index is 716. The van der Waals surface area contributed by atoms with E-state index in [0.29, 0.717) is 5.56 Å². The zero-order valence-electron chi connectivity index (χ0n) is 10.7. The Balaban J connectivity index is 2.64. The molecule has 0 aliphatic heterocycles. The molecule has 0 saturated carbocycles. The van der Waals surface area contributed by atoms with Crippen molar-refractivity contribution in [3.63, 3.8) is 0 Å². The average molecular weight is 271 g/mol. The second-order valence-corrected chi connectivity index (χ2v) is 4.22. The van der Waals surface area contributed by atoms with Crippen LogP contribution in [0.1, 0.15) is 16.7 Å². The Hall–Kier alpha value is -2.74. The third-order valence-electron chi connectivity index (χ3n) is 2.87. The lowest BCUT2D eigenvalue weighted by atomic mass is 10.0. The molecule has 0 radical (unpaired) electrons. The Labute approximate surface area is 115 Å². The molecule has 20 heavy (non-hydrogen) atoms. The number of pyridine rings is 1. The molecule has 1 aromatic heterocycles. The molecule has 0 saturated heterocycles. The van der Waals surface area contributed by atoms with E-state index in [-0.39, 0.29) is 22.4 Å². The number of aryl methyl sites for hydroxylation is 1. The van der Waals surface area contributed by atoms with Crippen LogP contribution in [0, 0.1) is 29.9 Å². The molecule has 2 aromatic rings. The van der Waals surface area contributed by atoms with Crippen molar-refractivity contribution in [2.24, 2.45) is 5.73 Å². The summed E-state index contributed by atoms with van der Waals surface area (Å²) < 4.78 is 27.1. The lowest BCUT2D eigenvalue weighted by molar-refractivity contribution is 0.575. The third-order valence-corrected chi connectivity index (χ3v) is 2.87. The predicted molar refractivity (Wildman–Crippen MR) is 71.9 cm³/mol. The van der Waals surface area contributed by atoms with E-state index in [9.17, 15) is 14.0 Å². The van der Waals surface area contributed by atoms with Crippen molar-refractivity contribution in [3.05, 3.63) is 65.0 Å². The van der Waals surface area contributed by atoms with Crippen LogP contribution in [-0.4, -0.2) is 4.98 Å². The zero-order valence-corrected chi connectivity index (χ0v) is 10.7. The van der Waals surface area contributed by atoms with Crippen LogP contribution >= 0.6 is 0 Å². The van der Waals surface area contributed by atoms with E-state index in [1.807, 2.05) is 6.07 Å². The molecule has 3 nitrogen and oxygen atoms in total. The van der Waals surface area contributed by atoms with Crippen molar-refractivity contribution < 1.29 is 8.78 Å². The molecule has 1 heterocycles. The lowest BCUT2D eigenvalue weighted by Crippen LogP contribution is -2.04. The number of aromatic nitrogens is 1. The molecule has 0 spiro atoms. The summed E-state index contributed by atoms with van der Waals surface area (Å²) in [4.78, 5) is 3.89. The number of rotatable bonds is 2. The van der Waals surface area contributed by atoms with Gasteiger partial charge >= 0.3 is 0 Å². The van der Waals surface area contributed by atoms with Gasteiger partial charge in [0.15, 0.2) is 0 Å². The normalized spacial score (nSPS) is 11.7. The van der Waals surface area contributed by atoms with Crippen molar-refractivity contribution in [1.82, 2.24) is 4.98 Å². The van der Waals surface area contributed by atoms with Crippen molar-refractivity contribution in [2.45, 2.75) is 6.92 Å². The highest BCUT2D eigenvalue weighted by molar-refractivity contribution is 5.95. The number of hydrogen-bond acceptors (Lipinski definition) is 3. The number of benzene rings is 1. The highest BCUT2D eigenvalue weighted by Gasteiger charge is 2.14. The van der Waals surface area contributed by atoms with Crippen LogP contribution in [-0.2, 0) is 0 Å². The lowest BCUT2D eigenvalue weighted by Gasteiger charge is -2.09. The van der Waals surface area contributed by atoms with Crippen molar-refractivity contribution in [3.8, 4) is 6.07 Å². The van der Waals surface area contributed by atoms with Gasteiger partial charge in [0.05, 0.1) is 11.3 Å². The van der Waals surface area contributed by atoms with Gasteiger partial charge in [0.2, 0.25) is 0 Å². The standard InChI is InChI=1S/C15H11F2N3/c1-9-5-11(14(17)6-13(9)16)15(19)12(7-18)10-3-2-4-20-8-10/h2-6,8H,19H2,1H3/b15-12+. The first-order valence-corrected chi connectivity index (χ1v) is 5.81. The molecular weight excluding hydrogens is 260 g/mol. The van der Waals surface area contributed by atoms with Gasteiger partial charge in [-0.25, -0.2) is 8.78 Å². The van der Waals surface area contributed by atoms with E-state index in [1.165, 1.54) is 19.2 Å². The molecule has 0 aliphatic carbocycles. The minimum atomic E-state index is -0.803. The first kappa shape index (κ1) is 13.7. The van der Waals surface area contributed by atoms with E-state index in [4.69, 9.17) is 5.73 Å². The minimum Gasteiger partial charge on any atom is -0.397 e. The summed E-state index contributed by atoms with van der Waals surface area (Å²) >= 11 is 0. The summed E-state index contributed by atoms with van der Waals surface area (Å²) in [5.74, 6) is -1.46. The highest BCUT2D eigenvalue weighted by atomic mass is 19.1. The van der Waals surface area contributed by atoms with Gasteiger partial charge in [-0.05, 0) is 24.6 Å². The zero-order chi connectivity index (χ0) is 14.7. The van der Waals surface area contributed by atoms with E-state index in [2.05, 4.69) is 4.98 Å². The van der Waals surface area contributed by atoms with Crippen molar-refractivity contribution >= 4 is 11.3 Å². The van der Waals surface area contributed by atoms with Gasteiger partial charge in [-0.3, -0.25) is 4.98 Å². The monoisotopic (exact) mass is 271 g/mol. The van der Waals surface area contributed by atoms with Crippen LogP contribution in [0.2, 0.25) is 0 Å². The fourth-order valence-electron chi connectivity index (χ4n) is 1.79. The maximum Gasteiger partial charge on any atom is 0.135 e. The fraction of sp³-hybridized carbons (Fsp3) is 0.0667. The third kappa shape index (κ3) is 2.50. The van der Waals surface area contributed by atoms with Gasteiger partial charge in [-0.2, -0.15) is 5.26 Å². The molecule has 0 aliphatic rings. The summed E-state index contributed by atoms with van der Waals surface area (Å²) in [6, 6.07) is 7.27. The first-order chi connectivity index (χ1) is 9.54. The smallest absolute Gasteiger partial charge is 0.135 e. The topological polar surface area (TPSA) is 62.7 Å². The van der Waals surface area contributed by atoms with Crippen molar-refractivity contribution in [2.75, 3.05) is 0 Å². The maximum atomic E-state index is 13.8. The van der Waals surface area contributed by atoms with E-state index in [1.54, 1.807) is 18.3 Å². The minimum absolute atomic E-state index is 0.00398. The van der Waals surface area contributed by atoms with Gasteiger partial charge < -0.3 is 5.73 Å². The molecule has 0 atom stereocenters. The van der Waals surface area contributed by atoms with Crippen LogP contribution in [0.4, 0.5) is 8.78 Å². The van der Waals surface area contributed by atoms with Gasteiger partial charge in [-0.1, -0.05) is 6.07 Å². The number of allylic oxidation sites excluding steroid dienone is 1. The second kappa shape index (κ2) is 5.49. The van der Waals surface area contributed by atoms with E-state index in [0.717, 1.165) is 6.07 Å². The molecule has 100 valence electrons. The fourth-order valence-corrected chi connectivity index (χ4v) is 1.79. The average Bonchev–Trinajstić information content (AvgIpc) is 2.44. The van der Waals surface area contributed by atoms with Crippen LogP contribution in [0.5, 0.6) is 0 Å². The summed E-state index contributed by atoms with van der Waals surface area (Å²) in [5.41, 5.74) is 6.67. The SMILES string of the molecule is Cc1cc(/C(N)=C(/C#N)c2cccnc2)c(F)cc1F. The van der Waals surface area contributed by atoms with Gasteiger partial charge in [-0.15, -0.1) is 0 Å². The van der Waals surface area contributed by atoms with E-state index < -0.39 is 11.6 Å². The molecule has 0 unspecified atom stereocenters. The molecule has 1 aromatic carbocycles. The van der Waals surface area contributed by atoms with Gasteiger partial charge in [0.1, 0.15) is 17.7 Å². The summed E-state index contributed by atoms with van der Waals surface area (Å²) in [5, 5.41) is 9.21. The number of nitrogens with zero attached hydrogens (tertiary/aromatic N) is 2. The summed E-state index contributed by atoms with van der Waals surface area (Å²) in [7, 11) is 0. The molecule has 5 heteroatoms. The van der Waals surface area contributed by atoms with Crippen molar-refractivity contribution in [1.29, 1.82) is 5.26 Å². The number of nitriles is 1. The van der Waals surface area contributed by atoms with Crippen LogP contribution in [0.3, 0.4) is 0 Å². The Kier molecular flexibility index (Phi) is 3.76. The van der Waals surface area contributed by atoms with E-state index >= 15 is 0 Å². The van der Waals surface area contributed by atoms with Gasteiger partial charge in [0.25, 0.3) is 0 Å². The molecule has 0 amide bonds. The maximum absolute atomic E-state index is 13.8. The van der Waals surface area contributed by atoms with Crippen LogP contribution in [0.15, 0.2) is 36.7 Å².